The van der Waals surface area contributed by atoms with Crippen molar-refractivity contribution in [2.75, 3.05) is 13.5 Å². The van der Waals surface area contributed by atoms with Crippen LogP contribution in [0.5, 0.6) is 0 Å². The van der Waals surface area contributed by atoms with Gasteiger partial charge in [0.05, 0.1) is 0 Å². The first-order valence-electron chi connectivity index (χ1n) is 3.25. The molecule has 0 aliphatic rings. The van der Waals surface area contributed by atoms with Crippen molar-refractivity contribution in [2.24, 2.45) is 0 Å². The van der Waals surface area contributed by atoms with Crippen molar-refractivity contribution in [1.82, 2.24) is 4.90 Å². The van der Waals surface area contributed by atoms with Gasteiger partial charge in [-0.15, -0.1) is 0 Å². The van der Waals surface area contributed by atoms with Crippen molar-refractivity contribution in [3.05, 3.63) is 0 Å². The van der Waals surface area contributed by atoms with Crippen molar-refractivity contribution in [3.63, 3.8) is 0 Å². The average molecular weight is 147 g/mol. The van der Waals surface area contributed by atoms with E-state index in [1.807, 2.05) is 6.92 Å². The number of carbonyl (C=O) groups excluding carboxylic acids is 1. The molecule has 2 N–H and O–H groups in total. The summed E-state index contributed by atoms with van der Waals surface area (Å²) in [6.45, 7) is 1.05. The Balaban J connectivity index is 3.65. The normalized spacial score (nSPS) is 9.50. The lowest BCUT2D eigenvalue weighted by molar-refractivity contribution is -0.139. The summed E-state index contributed by atoms with van der Waals surface area (Å²) in [6.07, 6.45) is 1.11. The average Bonchev–Trinajstić information content (AvgIpc) is 1.91. The van der Waals surface area contributed by atoms with E-state index in [-0.39, 0.29) is 5.91 Å². The van der Waals surface area contributed by atoms with Crippen LogP contribution in [0, 0.1) is 0 Å². The highest BCUT2D eigenvalue weighted by Crippen LogP contribution is 1.94. The molecule has 0 fully saturated rings. The van der Waals surface area contributed by atoms with E-state index in [1.54, 1.807) is 0 Å². The molecule has 0 atom stereocenters. The molecule has 0 unspecified atom stereocenters. The molecule has 0 spiro atoms. The lowest BCUT2D eigenvalue weighted by atomic mass is 10.3. The molecule has 0 saturated carbocycles. The Labute approximate surface area is 60.1 Å². The Morgan fingerprint density at radius 1 is 1.40 bits per heavy atom. The number of rotatable bonds is 4. The molecule has 60 valence electrons. The maximum atomic E-state index is 10.8. The molecule has 10 heavy (non-hydrogen) atoms. The zero-order chi connectivity index (χ0) is 7.98. The monoisotopic (exact) mass is 147 g/mol. The number of hydrogen-bond acceptors (Lipinski definition) is 3. The first-order chi connectivity index (χ1) is 4.76. The molecule has 4 heteroatoms. The molecule has 0 radical (unpaired) electrons. The second-order valence-electron chi connectivity index (χ2n) is 1.97. The van der Waals surface area contributed by atoms with Crippen molar-refractivity contribution in [3.8, 4) is 0 Å². The fraction of sp³-hybridized carbons (Fsp3) is 0.833. The van der Waals surface area contributed by atoms with Gasteiger partial charge < -0.3 is 10.2 Å². The van der Waals surface area contributed by atoms with E-state index in [0.29, 0.717) is 6.42 Å². The number of amides is 1. The van der Waals surface area contributed by atoms with Gasteiger partial charge in [0.15, 0.2) is 0 Å². The molecule has 0 aromatic heterocycles. The Hall–Kier alpha value is -0.610. The second-order valence-corrected chi connectivity index (χ2v) is 1.97. The summed E-state index contributed by atoms with van der Waals surface area (Å²) in [7, 11) is 0. The number of hydrogen-bond donors (Lipinski definition) is 2. The first kappa shape index (κ1) is 9.39. The van der Waals surface area contributed by atoms with Gasteiger partial charge in [-0.3, -0.25) is 9.69 Å². The lowest BCUT2D eigenvalue weighted by Crippen LogP contribution is -2.32. The zero-order valence-electron chi connectivity index (χ0n) is 6.08. The molecule has 4 nitrogen and oxygen atoms in total. The summed E-state index contributed by atoms with van der Waals surface area (Å²) >= 11 is 0. The molecule has 0 aliphatic carbocycles. The molecule has 0 rings (SSSR count). The first-order valence-corrected chi connectivity index (χ1v) is 3.25. The van der Waals surface area contributed by atoms with Gasteiger partial charge in [-0.2, -0.15) is 0 Å². The standard InChI is InChI=1S/C6H13NO3/c1-2-3-6(10)7(4-8)5-9/h8-9H,2-5H2,1H3. The van der Waals surface area contributed by atoms with Crippen LogP contribution in [-0.4, -0.2) is 34.5 Å². The molecular formula is C6H13NO3. The Kier molecular flexibility index (Phi) is 4.88. The Morgan fingerprint density at radius 2 is 1.90 bits per heavy atom. The van der Waals surface area contributed by atoms with Gasteiger partial charge in [0.2, 0.25) is 5.91 Å². The fourth-order valence-electron chi connectivity index (χ4n) is 0.574. The predicted octanol–water partition coefficient (Wildman–Crippen LogP) is -0.485. The Bertz CT molecular complexity index is 101. The molecule has 1 amide bonds. The van der Waals surface area contributed by atoms with Gasteiger partial charge in [-0.05, 0) is 6.42 Å². The van der Waals surface area contributed by atoms with Crippen LogP contribution >= 0.6 is 0 Å². The van der Waals surface area contributed by atoms with Gasteiger partial charge in [0.1, 0.15) is 13.5 Å². The third kappa shape index (κ3) is 2.80. The van der Waals surface area contributed by atoms with Crippen molar-refractivity contribution < 1.29 is 15.0 Å². The zero-order valence-corrected chi connectivity index (χ0v) is 6.08. The van der Waals surface area contributed by atoms with E-state index >= 15 is 0 Å². The molecule has 0 aromatic carbocycles. The molecule has 0 aliphatic heterocycles. The number of aliphatic hydroxyl groups is 2. The fourth-order valence-corrected chi connectivity index (χ4v) is 0.574. The van der Waals surface area contributed by atoms with Gasteiger partial charge in [0, 0.05) is 6.42 Å². The van der Waals surface area contributed by atoms with Crippen LogP contribution in [0.3, 0.4) is 0 Å². The van der Waals surface area contributed by atoms with Gasteiger partial charge >= 0.3 is 0 Å². The maximum Gasteiger partial charge on any atom is 0.226 e. The topological polar surface area (TPSA) is 60.8 Å². The summed E-state index contributed by atoms with van der Waals surface area (Å²) < 4.78 is 0. The quantitative estimate of drug-likeness (QED) is 0.528. The van der Waals surface area contributed by atoms with E-state index in [4.69, 9.17) is 10.2 Å². The minimum atomic E-state index is -0.407. The van der Waals surface area contributed by atoms with E-state index < -0.39 is 13.5 Å². The predicted molar refractivity (Wildman–Crippen MR) is 35.9 cm³/mol. The summed E-state index contributed by atoms with van der Waals surface area (Å²) in [6, 6.07) is 0. The highest BCUT2D eigenvalue weighted by Gasteiger charge is 2.07. The summed E-state index contributed by atoms with van der Waals surface area (Å²) in [5.74, 6) is -0.215. The van der Waals surface area contributed by atoms with Crippen LogP contribution < -0.4 is 0 Å². The van der Waals surface area contributed by atoms with Gasteiger partial charge in [-0.1, -0.05) is 6.92 Å². The lowest BCUT2D eigenvalue weighted by Gasteiger charge is -2.15. The van der Waals surface area contributed by atoms with Crippen molar-refractivity contribution >= 4 is 5.91 Å². The molecule has 0 aromatic rings. The number of nitrogens with zero attached hydrogens (tertiary/aromatic N) is 1. The van der Waals surface area contributed by atoms with Crippen molar-refractivity contribution in [1.29, 1.82) is 0 Å². The molecule has 0 heterocycles. The van der Waals surface area contributed by atoms with Gasteiger partial charge in [0.25, 0.3) is 0 Å². The van der Waals surface area contributed by atoms with Gasteiger partial charge in [-0.25, -0.2) is 0 Å². The van der Waals surface area contributed by atoms with E-state index in [9.17, 15) is 4.79 Å². The summed E-state index contributed by atoms with van der Waals surface area (Å²) in [5.41, 5.74) is 0. The minimum absolute atomic E-state index is 0.215. The van der Waals surface area contributed by atoms with Crippen LogP contribution in [-0.2, 0) is 4.79 Å². The highest BCUT2D eigenvalue weighted by atomic mass is 16.3. The SMILES string of the molecule is CCCC(=O)N(CO)CO. The number of aliphatic hydroxyl groups excluding tert-OH is 2. The molecule has 0 bridgehead atoms. The summed E-state index contributed by atoms with van der Waals surface area (Å²) in [4.78, 5) is 11.8. The smallest absolute Gasteiger partial charge is 0.226 e. The molecule has 0 saturated heterocycles. The highest BCUT2D eigenvalue weighted by molar-refractivity contribution is 5.75. The van der Waals surface area contributed by atoms with Crippen molar-refractivity contribution in [2.45, 2.75) is 19.8 Å². The van der Waals surface area contributed by atoms with E-state index in [2.05, 4.69) is 0 Å². The third-order valence-corrected chi connectivity index (χ3v) is 1.16. The van der Waals surface area contributed by atoms with Crippen LogP contribution in [0.1, 0.15) is 19.8 Å². The maximum absolute atomic E-state index is 10.8. The van der Waals surface area contributed by atoms with Crippen LogP contribution in [0.15, 0.2) is 0 Å². The molecular weight excluding hydrogens is 134 g/mol. The van der Waals surface area contributed by atoms with E-state index in [1.165, 1.54) is 0 Å². The van der Waals surface area contributed by atoms with E-state index in [0.717, 1.165) is 11.3 Å². The van der Waals surface area contributed by atoms with Crippen LogP contribution in [0.2, 0.25) is 0 Å². The Morgan fingerprint density at radius 3 is 2.20 bits per heavy atom. The number of carbonyl (C=O) groups is 1. The second kappa shape index (κ2) is 5.20. The summed E-state index contributed by atoms with van der Waals surface area (Å²) in [5, 5.41) is 16.9. The minimum Gasteiger partial charge on any atom is -0.376 e. The van der Waals surface area contributed by atoms with Crippen LogP contribution in [0.4, 0.5) is 0 Å². The largest absolute Gasteiger partial charge is 0.376 e. The van der Waals surface area contributed by atoms with Crippen LogP contribution in [0.25, 0.3) is 0 Å². The third-order valence-electron chi connectivity index (χ3n) is 1.16.